The fourth-order valence-electron chi connectivity index (χ4n) is 2.31. The molecular formula is C13H21N3OS. The molecule has 5 heteroatoms. The Bertz CT molecular complexity index is 457. The molecule has 1 aromatic heterocycles. The molecule has 1 unspecified atom stereocenters. The van der Waals surface area contributed by atoms with Crippen molar-refractivity contribution in [1.82, 2.24) is 9.88 Å². The number of hydrogen-bond acceptors (Lipinski definition) is 4. The highest BCUT2D eigenvalue weighted by Gasteiger charge is 2.36. The molecule has 2 rings (SSSR count). The average Bonchev–Trinajstić information content (AvgIpc) is 2.93. The van der Waals surface area contributed by atoms with E-state index in [1.807, 2.05) is 11.8 Å². The summed E-state index contributed by atoms with van der Waals surface area (Å²) in [6, 6.07) is 0. The molecule has 1 aliphatic heterocycles. The van der Waals surface area contributed by atoms with Crippen molar-refractivity contribution in [3.05, 3.63) is 15.6 Å². The summed E-state index contributed by atoms with van der Waals surface area (Å²) < 4.78 is 0. The number of aryl methyl sites for hydroxylation is 2. The molecule has 1 aromatic rings. The van der Waals surface area contributed by atoms with Crippen molar-refractivity contribution in [2.24, 2.45) is 11.1 Å². The van der Waals surface area contributed by atoms with Gasteiger partial charge >= 0.3 is 0 Å². The third kappa shape index (κ3) is 2.42. The first kappa shape index (κ1) is 13.5. The molecular weight excluding hydrogens is 246 g/mol. The number of hydrogen-bond donors (Lipinski definition) is 1. The van der Waals surface area contributed by atoms with E-state index in [1.165, 1.54) is 11.3 Å². The van der Waals surface area contributed by atoms with Crippen LogP contribution in [0.15, 0.2) is 0 Å². The van der Waals surface area contributed by atoms with Gasteiger partial charge in [-0.25, -0.2) is 4.98 Å². The minimum atomic E-state index is 0.0852. The molecule has 0 aromatic carbocycles. The maximum absolute atomic E-state index is 12.5. The van der Waals surface area contributed by atoms with Gasteiger partial charge in [0.1, 0.15) is 4.88 Å². The molecule has 0 saturated carbocycles. The summed E-state index contributed by atoms with van der Waals surface area (Å²) in [5.41, 5.74) is 6.73. The van der Waals surface area contributed by atoms with Crippen LogP contribution >= 0.6 is 11.3 Å². The van der Waals surface area contributed by atoms with E-state index in [-0.39, 0.29) is 11.3 Å². The number of thiazole rings is 1. The van der Waals surface area contributed by atoms with Crippen LogP contribution in [0.25, 0.3) is 0 Å². The maximum atomic E-state index is 12.5. The van der Waals surface area contributed by atoms with Crippen LogP contribution in [0.3, 0.4) is 0 Å². The molecule has 2 N–H and O–H groups in total. The summed E-state index contributed by atoms with van der Waals surface area (Å²) in [7, 11) is 0. The summed E-state index contributed by atoms with van der Waals surface area (Å²) in [4.78, 5) is 19.6. The standard InChI is InChI=1S/C13H21N3OS/c1-4-10-15-9(2)11(18-10)12(17)16-6-5-13(3,7-14)8-16/h4-8,14H2,1-3H3. The fourth-order valence-corrected chi connectivity index (χ4v) is 3.28. The van der Waals surface area contributed by atoms with E-state index in [9.17, 15) is 4.79 Å². The van der Waals surface area contributed by atoms with Gasteiger partial charge in [0.2, 0.25) is 0 Å². The first-order valence-electron chi connectivity index (χ1n) is 6.45. The van der Waals surface area contributed by atoms with E-state index in [1.54, 1.807) is 0 Å². The first-order valence-corrected chi connectivity index (χ1v) is 7.26. The van der Waals surface area contributed by atoms with Gasteiger partial charge < -0.3 is 10.6 Å². The highest BCUT2D eigenvalue weighted by atomic mass is 32.1. The topological polar surface area (TPSA) is 59.2 Å². The first-order chi connectivity index (χ1) is 8.49. The van der Waals surface area contributed by atoms with Crippen molar-refractivity contribution < 1.29 is 4.79 Å². The number of nitrogens with zero attached hydrogens (tertiary/aromatic N) is 2. The zero-order valence-electron chi connectivity index (χ0n) is 11.3. The van der Waals surface area contributed by atoms with Crippen LogP contribution in [0.1, 0.15) is 40.6 Å². The highest BCUT2D eigenvalue weighted by molar-refractivity contribution is 7.13. The lowest BCUT2D eigenvalue weighted by atomic mass is 9.90. The van der Waals surface area contributed by atoms with Crippen LogP contribution < -0.4 is 5.73 Å². The molecule has 4 nitrogen and oxygen atoms in total. The predicted molar refractivity (Wildman–Crippen MR) is 73.9 cm³/mol. The zero-order chi connectivity index (χ0) is 13.3. The Morgan fingerprint density at radius 1 is 1.61 bits per heavy atom. The van der Waals surface area contributed by atoms with Gasteiger partial charge in [-0.15, -0.1) is 11.3 Å². The monoisotopic (exact) mass is 267 g/mol. The normalized spacial score (nSPS) is 23.7. The minimum Gasteiger partial charge on any atom is -0.337 e. The van der Waals surface area contributed by atoms with Gasteiger partial charge in [-0.2, -0.15) is 0 Å². The van der Waals surface area contributed by atoms with E-state index in [4.69, 9.17) is 5.73 Å². The molecule has 0 bridgehead atoms. The third-order valence-corrected chi connectivity index (χ3v) is 4.97. The van der Waals surface area contributed by atoms with E-state index in [0.29, 0.717) is 6.54 Å². The van der Waals surface area contributed by atoms with Gasteiger partial charge in [0, 0.05) is 13.1 Å². The van der Waals surface area contributed by atoms with Crippen molar-refractivity contribution in [3.63, 3.8) is 0 Å². The Morgan fingerprint density at radius 3 is 2.83 bits per heavy atom. The van der Waals surface area contributed by atoms with E-state index < -0.39 is 0 Å². The number of nitrogens with two attached hydrogens (primary N) is 1. The number of carbonyl (C=O) groups is 1. The number of carbonyl (C=O) groups excluding carboxylic acids is 1. The molecule has 0 aliphatic carbocycles. The number of aromatic nitrogens is 1. The highest BCUT2D eigenvalue weighted by Crippen LogP contribution is 2.31. The van der Waals surface area contributed by atoms with Crippen molar-refractivity contribution >= 4 is 17.2 Å². The quantitative estimate of drug-likeness (QED) is 0.909. The van der Waals surface area contributed by atoms with E-state index in [2.05, 4.69) is 18.8 Å². The summed E-state index contributed by atoms with van der Waals surface area (Å²) >= 11 is 1.53. The van der Waals surface area contributed by atoms with Gasteiger partial charge in [0.15, 0.2) is 0 Å². The van der Waals surface area contributed by atoms with Crippen molar-refractivity contribution in [2.75, 3.05) is 19.6 Å². The van der Waals surface area contributed by atoms with Gasteiger partial charge in [-0.1, -0.05) is 13.8 Å². The van der Waals surface area contributed by atoms with E-state index in [0.717, 1.165) is 41.5 Å². The largest absolute Gasteiger partial charge is 0.337 e. The Morgan fingerprint density at radius 2 is 2.33 bits per heavy atom. The third-order valence-electron chi connectivity index (χ3n) is 3.68. The molecule has 100 valence electrons. The lowest BCUT2D eigenvalue weighted by molar-refractivity contribution is 0.0780. The van der Waals surface area contributed by atoms with Crippen LogP contribution in [0, 0.1) is 12.3 Å². The molecule has 1 atom stereocenters. The van der Waals surface area contributed by atoms with Gasteiger partial charge in [-0.3, -0.25) is 4.79 Å². The van der Waals surface area contributed by atoms with Gasteiger partial charge in [0.05, 0.1) is 10.7 Å². The SMILES string of the molecule is CCc1nc(C)c(C(=O)N2CCC(C)(CN)C2)s1. The number of likely N-dealkylation sites (tertiary alicyclic amines) is 1. The van der Waals surface area contributed by atoms with Crippen LogP contribution in [0.2, 0.25) is 0 Å². The molecule has 1 fully saturated rings. The van der Waals surface area contributed by atoms with Crippen LogP contribution in [0.5, 0.6) is 0 Å². The van der Waals surface area contributed by atoms with Crippen LogP contribution in [-0.2, 0) is 6.42 Å². The van der Waals surface area contributed by atoms with Crippen molar-refractivity contribution in [1.29, 1.82) is 0 Å². The molecule has 1 aliphatic rings. The predicted octanol–water partition coefficient (Wildman–Crippen LogP) is 1.82. The second kappa shape index (κ2) is 4.97. The lowest BCUT2D eigenvalue weighted by Gasteiger charge is -2.22. The average molecular weight is 267 g/mol. The number of rotatable bonds is 3. The lowest BCUT2D eigenvalue weighted by Crippen LogP contribution is -2.34. The summed E-state index contributed by atoms with van der Waals surface area (Å²) in [6.45, 7) is 8.34. The molecule has 18 heavy (non-hydrogen) atoms. The minimum absolute atomic E-state index is 0.0852. The Labute approximate surface area is 112 Å². The second-order valence-corrected chi connectivity index (χ2v) is 6.45. The smallest absolute Gasteiger partial charge is 0.265 e. The summed E-state index contributed by atoms with van der Waals surface area (Å²) in [6.07, 6.45) is 1.88. The van der Waals surface area contributed by atoms with Crippen molar-refractivity contribution in [2.45, 2.75) is 33.6 Å². The number of amides is 1. The molecule has 1 amide bonds. The molecule has 2 heterocycles. The van der Waals surface area contributed by atoms with Gasteiger partial charge in [-0.05, 0) is 31.7 Å². The van der Waals surface area contributed by atoms with Crippen LogP contribution in [0.4, 0.5) is 0 Å². The molecule has 0 radical (unpaired) electrons. The van der Waals surface area contributed by atoms with Gasteiger partial charge in [0.25, 0.3) is 5.91 Å². The molecule has 1 saturated heterocycles. The van der Waals surface area contributed by atoms with Crippen LogP contribution in [-0.4, -0.2) is 35.4 Å². The summed E-state index contributed by atoms with van der Waals surface area (Å²) in [5, 5.41) is 1.04. The van der Waals surface area contributed by atoms with E-state index >= 15 is 0 Å². The Hall–Kier alpha value is -0.940. The maximum Gasteiger partial charge on any atom is 0.265 e. The summed E-state index contributed by atoms with van der Waals surface area (Å²) in [5.74, 6) is 0.127. The molecule has 0 spiro atoms. The van der Waals surface area contributed by atoms with Crippen molar-refractivity contribution in [3.8, 4) is 0 Å². The second-order valence-electron chi connectivity index (χ2n) is 5.37. The Balaban J connectivity index is 2.15. The Kier molecular flexibility index (Phi) is 3.73. The fraction of sp³-hybridized carbons (Fsp3) is 0.692. The zero-order valence-corrected chi connectivity index (χ0v) is 12.1.